The van der Waals surface area contributed by atoms with Crippen LogP contribution in [-0.4, -0.2) is 101 Å². The molecule has 2 rings (SSSR count). The summed E-state index contributed by atoms with van der Waals surface area (Å²) in [4.78, 5) is 7.42. The normalized spacial score (nSPS) is 23.7. The van der Waals surface area contributed by atoms with Crippen molar-refractivity contribution in [2.75, 3.05) is 85.8 Å². The van der Waals surface area contributed by atoms with Gasteiger partial charge in [0.25, 0.3) is 0 Å². The van der Waals surface area contributed by atoms with Crippen LogP contribution in [0.1, 0.15) is 0 Å². The van der Waals surface area contributed by atoms with Gasteiger partial charge < -0.3 is 14.4 Å². The van der Waals surface area contributed by atoms with E-state index in [9.17, 15) is 0 Å². The molecule has 0 amide bonds. The summed E-state index contributed by atoms with van der Waals surface area (Å²) in [5.41, 5.74) is 0. The average molecular weight is 257 g/mol. The highest BCUT2D eigenvalue weighted by atomic mass is 16.5. The lowest BCUT2D eigenvalue weighted by Gasteiger charge is -2.30. The molecule has 0 saturated carbocycles. The Labute approximate surface area is 111 Å². The topological polar surface area (TPSA) is 28.2 Å². The number of hydrogen-bond acceptors (Lipinski definition) is 5. The Balaban J connectivity index is 1.52. The second-order valence-electron chi connectivity index (χ2n) is 5.21. The molecule has 0 unspecified atom stereocenters. The summed E-state index contributed by atoms with van der Waals surface area (Å²) in [7, 11) is 2.22. The standard InChI is InChI=1S/C13H27N3O2/c1-14(2-4-15-6-10-17-11-7-15)3-5-16-8-12-18-13-9-16/h2-13H2,1H3. The van der Waals surface area contributed by atoms with Gasteiger partial charge in [-0.2, -0.15) is 0 Å². The van der Waals surface area contributed by atoms with Crippen molar-refractivity contribution in [2.45, 2.75) is 0 Å². The van der Waals surface area contributed by atoms with Crippen molar-refractivity contribution in [3.63, 3.8) is 0 Å². The van der Waals surface area contributed by atoms with E-state index in [-0.39, 0.29) is 0 Å². The summed E-state index contributed by atoms with van der Waals surface area (Å²) in [6.45, 7) is 12.6. The maximum absolute atomic E-state index is 5.36. The van der Waals surface area contributed by atoms with E-state index in [0.717, 1.165) is 65.7 Å². The number of nitrogens with zero attached hydrogens (tertiary/aromatic N) is 3. The molecule has 5 nitrogen and oxygen atoms in total. The highest BCUT2D eigenvalue weighted by Gasteiger charge is 2.13. The third kappa shape index (κ3) is 5.20. The van der Waals surface area contributed by atoms with E-state index in [1.165, 1.54) is 13.1 Å². The lowest BCUT2D eigenvalue weighted by atomic mass is 10.3. The van der Waals surface area contributed by atoms with Crippen LogP contribution in [0.2, 0.25) is 0 Å². The van der Waals surface area contributed by atoms with E-state index >= 15 is 0 Å². The zero-order valence-corrected chi connectivity index (χ0v) is 11.6. The summed E-state index contributed by atoms with van der Waals surface area (Å²) in [5.74, 6) is 0. The molecule has 0 aromatic rings. The molecule has 18 heavy (non-hydrogen) atoms. The van der Waals surface area contributed by atoms with Crippen LogP contribution in [0.15, 0.2) is 0 Å². The van der Waals surface area contributed by atoms with Gasteiger partial charge in [0.15, 0.2) is 0 Å². The lowest BCUT2D eigenvalue weighted by Crippen LogP contribution is -2.43. The van der Waals surface area contributed by atoms with Gasteiger partial charge in [-0.15, -0.1) is 0 Å². The Morgan fingerprint density at radius 3 is 1.56 bits per heavy atom. The van der Waals surface area contributed by atoms with Gasteiger partial charge in [-0.25, -0.2) is 0 Å². The number of morpholine rings is 2. The van der Waals surface area contributed by atoms with Gasteiger partial charge in [0.05, 0.1) is 26.4 Å². The molecule has 0 aliphatic carbocycles. The average Bonchev–Trinajstić information content (AvgIpc) is 2.45. The summed E-state index contributed by atoms with van der Waals surface area (Å²) in [6.07, 6.45) is 0. The van der Waals surface area contributed by atoms with Gasteiger partial charge >= 0.3 is 0 Å². The van der Waals surface area contributed by atoms with Crippen LogP contribution in [0.4, 0.5) is 0 Å². The zero-order valence-electron chi connectivity index (χ0n) is 11.6. The fourth-order valence-corrected chi connectivity index (χ4v) is 2.39. The molecule has 0 spiro atoms. The number of ether oxygens (including phenoxy) is 2. The lowest BCUT2D eigenvalue weighted by molar-refractivity contribution is 0.0279. The fourth-order valence-electron chi connectivity index (χ4n) is 2.39. The molecule has 0 atom stereocenters. The summed E-state index contributed by atoms with van der Waals surface area (Å²) < 4.78 is 10.7. The van der Waals surface area contributed by atoms with E-state index in [1.807, 2.05) is 0 Å². The molecule has 5 heteroatoms. The quantitative estimate of drug-likeness (QED) is 0.645. The first kappa shape index (κ1) is 14.2. The van der Waals surface area contributed by atoms with Crippen molar-refractivity contribution in [3.05, 3.63) is 0 Å². The van der Waals surface area contributed by atoms with Crippen molar-refractivity contribution in [1.29, 1.82) is 0 Å². The fraction of sp³-hybridized carbons (Fsp3) is 1.00. The van der Waals surface area contributed by atoms with E-state index in [4.69, 9.17) is 9.47 Å². The van der Waals surface area contributed by atoms with Crippen molar-refractivity contribution >= 4 is 0 Å². The predicted molar refractivity (Wildman–Crippen MR) is 72.0 cm³/mol. The summed E-state index contributed by atoms with van der Waals surface area (Å²) in [6, 6.07) is 0. The van der Waals surface area contributed by atoms with E-state index < -0.39 is 0 Å². The Morgan fingerprint density at radius 1 is 0.778 bits per heavy atom. The molecule has 0 radical (unpaired) electrons. The van der Waals surface area contributed by atoms with Crippen molar-refractivity contribution < 1.29 is 9.47 Å². The molecule has 2 saturated heterocycles. The minimum Gasteiger partial charge on any atom is -0.379 e. The first-order valence-electron chi connectivity index (χ1n) is 7.13. The smallest absolute Gasteiger partial charge is 0.0594 e. The molecule has 2 aliphatic rings. The molecule has 2 aliphatic heterocycles. The molecular weight excluding hydrogens is 230 g/mol. The monoisotopic (exact) mass is 257 g/mol. The molecular formula is C13H27N3O2. The van der Waals surface area contributed by atoms with Gasteiger partial charge in [0.2, 0.25) is 0 Å². The van der Waals surface area contributed by atoms with Crippen LogP contribution < -0.4 is 0 Å². The first-order valence-corrected chi connectivity index (χ1v) is 7.13. The molecule has 0 N–H and O–H groups in total. The van der Waals surface area contributed by atoms with E-state index in [1.54, 1.807) is 0 Å². The van der Waals surface area contributed by atoms with Crippen LogP contribution in [0.5, 0.6) is 0 Å². The Hall–Kier alpha value is -0.200. The second kappa shape index (κ2) is 8.07. The SMILES string of the molecule is CN(CCN1CCOCC1)CCN1CCOCC1. The highest BCUT2D eigenvalue weighted by Crippen LogP contribution is 1.99. The maximum atomic E-state index is 5.36. The van der Waals surface area contributed by atoms with Crippen LogP contribution in [0, 0.1) is 0 Å². The molecule has 2 fully saturated rings. The second-order valence-corrected chi connectivity index (χ2v) is 5.21. The Bertz CT molecular complexity index is 194. The minimum absolute atomic E-state index is 0.900. The largest absolute Gasteiger partial charge is 0.379 e. The third-order valence-corrected chi connectivity index (χ3v) is 3.80. The van der Waals surface area contributed by atoms with E-state index in [2.05, 4.69) is 21.7 Å². The molecule has 106 valence electrons. The molecule has 0 aromatic carbocycles. The summed E-state index contributed by atoms with van der Waals surface area (Å²) in [5, 5.41) is 0. The molecule has 0 aromatic heterocycles. The van der Waals surface area contributed by atoms with Crippen LogP contribution in [0.3, 0.4) is 0 Å². The van der Waals surface area contributed by atoms with Crippen molar-refractivity contribution in [3.8, 4) is 0 Å². The number of rotatable bonds is 6. The first-order chi connectivity index (χ1) is 8.84. The maximum Gasteiger partial charge on any atom is 0.0594 e. The minimum atomic E-state index is 0.900. The summed E-state index contributed by atoms with van der Waals surface area (Å²) >= 11 is 0. The highest BCUT2D eigenvalue weighted by molar-refractivity contribution is 4.67. The van der Waals surface area contributed by atoms with Crippen LogP contribution in [-0.2, 0) is 9.47 Å². The van der Waals surface area contributed by atoms with Crippen molar-refractivity contribution in [2.24, 2.45) is 0 Å². The Morgan fingerprint density at radius 2 is 1.17 bits per heavy atom. The van der Waals surface area contributed by atoms with Crippen molar-refractivity contribution in [1.82, 2.24) is 14.7 Å². The van der Waals surface area contributed by atoms with Gasteiger partial charge in [-0.3, -0.25) is 9.80 Å². The molecule has 0 bridgehead atoms. The van der Waals surface area contributed by atoms with Gasteiger partial charge in [0.1, 0.15) is 0 Å². The van der Waals surface area contributed by atoms with E-state index in [0.29, 0.717) is 0 Å². The Kier molecular flexibility index (Phi) is 6.37. The van der Waals surface area contributed by atoms with Gasteiger partial charge in [-0.1, -0.05) is 0 Å². The van der Waals surface area contributed by atoms with Gasteiger partial charge in [-0.05, 0) is 7.05 Å². The van der Waals surface area contributed by atoms with Crippen LogP contribution in [0.25, 0.3) is 0 Å². The zero-order chi connectivity index (χ0) is 12.6. The van der Waals surface area contributed by atoms with Crippen LogP contribution >= 0.6 is 0 Å². The molecule has 2 heterocycles. The van der Waals surface area contributed by atoms with Gasteiger partial charge in [0, 0.05) is 52.4 Å². The third-order valence-electron chi connectivity index (χ3n) is 3.80. The number of hydrogen-bond donors (Lipinski definition) is 0. The number of likely N-dealkylation sites (N-methyl/N-ethyl adjacent to an activating group) is 1. The predicted octanol–water partition coefficient (Wildman–Crippen LogP) is -0.417.